The fraction of sp³-hybridized carbons (Fsp3) is 0.333. The first-order valence-corrected chi connectivity index (χ1v) is 7.24. The molecule has 2 aromatic rings. The van der Waals surface area contributed by atoms with Gasteiger partial charge in [-0.3, -0.25) is 0 Å². The van der Waals surface area contributed by atoms with Crippen molar-refractivity contribution in [1.82, 2.24) is 0 Å². The van der Waals surface area contributed by atoms with Crippen LogP contribution in [0.5, 0.6) is 0 Å². The normalized spacial score (nSPS) is 10.6. The van der Waals surface area contributed by atoms with Gasteiger partial charge in [-0.05, 0) is 49.6 Å². The topological polar surface area (TPSA) is 29.3 Å². The molecule has 0 atom stereocenters. The summed E-state index contributed by atoms with van der Waals surface area (Å²) in [6, 6.07) is 15.2. The van der Waals surface area contributed by atoms with Crippen molar-refractivity contribution in [3.8, 4) is 0 Å². The molecular formula is C18H24N2. The number of nitrogens with two attached hydrogens (primary N) is 1. The molecule has 0 radical (unpaired) electrons. The number of aryl methyl sites for hydroxylation is 2. The molecule has 2 rings (SSSR count). The van der Waals surface area contributed by atoms with Gasteiger partial charge in [0.1, 0.15) is 0 Å². The maximum Gasteiger partial charge on any atom is 0.0432 e. The van der Waals surface area contributed by atoms with Crippen LogP contribution in [-0.4, -0.2) is 6.54 Å². The van der Waals surface area contributed by atoms with Crippen LogP contribution in [0.3, 0.4) is 0 Å². The predicted octanol–water partition coefficient (Wildman–Crippen LogP) is 3.79. The van der Waals surface area contributed by atoms with Crippen molar-refractivity contribution in [2.45, 2.75) is 33.9 Å². The fourth-order valence-electron chi connectivity index (χ4n) is 2.40. The van der Waals surface area contributed by atoms with E-state index in [9.17, 15) is 0 Å². The van der Waals surface area contributed by atoms with Crippen molar-refractivity contribution in [3.05, 3.63) is 64.7 Å². The van der Waals surface area contributed by atoms with E-state index >= 15 is 0 Å². The van der Waals surface area contributed by atoms with E-state index < -0.39 is 0 Å². The second-order valence-electron chi connectivity index (χ2n) is 5.31. The molecule has 2 heteroatoms. The molecule has 20 heavy (non-hydrogen) atoms. The van der Waals surface area contributed by atoms with Gasteiger partial charge in [0.15, 0.2) is 0 Å². The zero-order valence-electron chi connectivity index (χ0n) is 12.7. The highest BCUT2D eigenvalue weighted by molar-refractivity contribution is 5.49. The molecule has 0 saturated carbocycles. The molecule has 106 valence electrons. The maximum atomic E-state index is 5.65. The van der Waals surface area contributed by atoms with Crippen molar-refractivity contribution in [2.75, 3.05) is 11.4 Å². The number of benzene rings is 2. The largest absolute Gasteiger partial charge is 0.367 e. The van der Waals surface area contributed by atoms with Crippen LogP contribution in [0, 0.1) is 13.8 Å². The molecule has 0 amide bonds. The highest BCUT2D eigenvalue weighted by Crippen LogP contribution is 2.20. The summed E-state index contributed by atoms with van der Waals surface area (Å²) < 4.78 is 0. The van der Waals surface area contributed by atoms with Crippen molar-refractivity contribution in [3.63, 3.8) is 0 Å². The van der Waals surface area contributed by atoms with Gasteiger partial charge in [-0.1, -0.05) is 35.9 Å². The third kappa shape index (κ3) is 3.40. The minimum atomic E-state index is 0.601. The molecule has 0 aliphatic carbocycles. The molecule has 0 fully saturated rings. The quantitative estimate of drug-likeness (QED) is 0.894. The molecule has 2 nitrogen and oxygen atoms in total. The van der Waals surface area contributed by atoms with Gasteiger partial charge < -0.3 is 10.6 Å². The Morgan fingerprint density at radius 3 is 2.30 bits per heavy atom. The van der Waals surface area contributed by atoms with Crippen LogP contribution in [0.1, 0.15) is 29.2 Å². The van der Waals surface area contributed by atoms with Crippen molar-refractivity contribution >= 4 is 5.69 Å². The first kappa shape index (κ1) is 14.6. The Hall–Kier alpha value is -1.80. The van der Waals surface area contributed by atoms with Crippen LogP contribution >= 0.6 is 0 Å². The van der Waals surface area contributed by atoms with E-state index in [1.807, 2.05) is 0 Å². The van der Waals surface area contributed by atoms with Gasteiger partial charge in [0.05, 0.1) is 0 Å². The van der Waals surface area contributed by atoms with Crippen molar-refractivity contribution in [1.29, 1.82) is 0 Å². The van der Waals surface area contributed by atoms with Crippen molar-refractivity contribution < 1.29 is 0 Å². The van der Waals surface area contributed by atoms with E-state index in [0.29, 0.717) is 6.54 Å². The van der Waals surface area contributed by atoms with Crippen molar-refractivity contribution in [2.24, 2.45) is 5.73 Å². The number of rotatable bonds is 5. The lowest BCUT2D eigenvalue weighted by molar-refractivity contribution is 0.825. The summed E-state index contributed by atoms with van der Waals surface area (Å²) in [5.74, 6) is 0. The predicted molar refractivity (Wildman–Crippen MR) is 87.0 cm³/mol. The van der Waals surface area contributed by atoms with Gasteiger partial charge in [-0.15, -0.1) is 0 Å². The van der Waals surface area contributed by atoms with Gasteiger partial charge in [0.25, 0.3) is 0 Å². The summed E-state index contributed by atoms with van der Waals surface area (Å²) in [7, 11) is 0. The Kier molecular flexibility index (Phi) is 4.80. The zero-order chi connectivity index (χ0) is 14.5. The minimum absolute atomic E-state index is 0.601. The van der Waals surface area contributed by atoms with Gasteiger partial charge in [-0.25, -0.2) is 0 Å². The summed E-state index contributed by atoms with van der Waals surface area (Å²) >= 11 is 0. The second-order valence-corrected chi connectivity index (χ2v) is 5.31. The van der Waals surface area contributed by atoms with E-state index in [-0.39, 0.29) is 0 Å². The Balaban J connectivity index is 2.21. The lowest BCUT2D eigenvalue weighted by Crippen LogP contribution is -2.22. The van der Waals surface area contributed by atoms with Gasteiger partial charge >= 0.3 is 0 Å². The molecule has 0 saturated heterocycles. The number of anilines is 1. The molecule has 2 aromatic carbocycles. The molecule has 0 spiro atoms. The van der Waals surface area contributed by atoms with E-state index in [2.05, 4.69) is 68.1 Å². The molecule has 0 aliphatic heterocycles. The Labute approximate surface area is 122 Å². The van der Waals surface area contributed by atoms with Crippen LogP contribution in [0.25, 0.3) is 0 Å². The lowest BCUT2D eigenvalue weighted by atomic mass is 10.0. The van der Waals surface area contributed by atoms with Crippen LogP contribution in [0.4, 0.5) is 5.69 Å². The van der Waals surface area contributed by atoms with Crippen LogP contribution in [0.15, 0.2) is 42.5 Å². The highest BCUT2D eigenvalue weighted by Gasteiger charge is 2.07. The lowest BCUT2D eigenvalue weighted by Gasteiger charge is -2.24. The summed E-state index contributed by atoms with van der Waals surface area (Å²) in [6.07, 6.45) is 0. The third-order valence-electron chi connectivity index (χ3n) is 3.78. The maximum absolute atomic E-state index is 5.65. The van der Waals surface area contributed by atoms with E-state index in [4.69, 9.17) is 5.73 Å². The van der Waals surface area contributed by atoms with Gasteiger partial charge in [0.2, 0.25) is 0 Å². The van der Waals surface area contributed by atoms with Gasteiger partial charge in [0, 0.05) is 25.3 Å². The third-order valence-corrected chi connectivity index (χ3v) is 3.78. The monoisotopic (exact) mass is 268 g/mol. The average molecular weight is 268 g/mol. The molecule has 0 aliphatic rings. The Morgan fingerprint density at radius 1 is 1.00 bits per heavy atom. The van der Waals surface area contributed by atoms with E-state index in [0.717, 1.165) is 13.1 Å². The number of hydrogen-bond acceptors (Lipinski definition) is 2. The number of nitrogens with zero attached hydrogens (tertiary/aromatic N) is 1. The number of hydrogen-bond donors (Lipinski definition) is 1. The summed E-state index contributed by atoms with van der Waals surface area (Å²) in [4.78, 5) is 2.39. The molecular weight excluding hydrogens is 244 g/mol. The fourth-order valence-corrected chi connectivity index (χ4v) is 2.40. The zero-order valence-corrected chi connectivity index (χ0v) is 12.7. The Bertz CT molecular complexity index is 558. The molecule has 2 N–H and O–H groups in total. The first-order valence-electron chi connectivity index (χ1n) is 7.24. The van der Waals surface area contributed by atoms with E-state index in [1.165, 1.54) is 27.9 Å². The second kappa shape index (κ2) is 6.58. The van der Waals surface area contributed by atoms with Crippen LogP contribution in [0.2, 0.25) is 0 Å². The molecule has 0 unspecified atom stereocenters. The average Bonchev–Trinajstić information content (AvgIpc) is 2.48. The highest BCUT2D eigenvalue weighted by atomic mass is 15.1. The standard InChI is InChI=1S/C18H24N2/c1-4-20(18-9-7-16(12-19)8-10-18)13-17-11-14(2)5-6-15(17)3/h5-11H,4,12-13,19H2,1-3H3. The SMILES string of the molecule is CCN(Cc1cc(C)ccc1C)c1ccc(CN)cc1. The smallest absolute Gasteiger partial charge is 0.0432 e. The van der Waals surface area contributed by atoms with Crippen LogP contribution in [-0.2, 0) is 13.1 Å². The first-order chi connectivity index (χ1) is 9.63. The summed E-state index contributed by atoms with van der Waals surface area (Å²) in [5.41, 5.74) is 12.2. The summed E-state index contributed by atoms with van der Waals surface area (Å²) in [5, 5.41) is 0. The Morgan fingerprint density at radius 2 is 1.70 bits per heavy atom. The molecule has 0 bridgehead atoms. The molecule has 0 aromatic heterocycles. The van der Waals surface area contributed by atoms with E-state index in [1.54, 1.807) is 0 Å². The molecule has 0 heterocycles. The van der Waals surface area contributed by atoms with Gasteiger partial charge in [-0.2, -0.15) is 0 Å². The minimum Gasteiger partial charge on any atom is -0.367 e. The summed E-state index contributed by atoms with van der Waals surface area (Å²) in [6.45, 7) is 9.07. The van der Waals surface area contributed by atoms with Crippen LogP contribution < -0.4 is 10.6 Å².